The lowest BCUT2D eigenvalue weighted by Gasteiger charge is -2.25. The molecule has 1 fully saturated rings. The van der Waals surface area contributed by atoms with Crippen molar-refractivity contribution in [1.29, 1.82) is 0 Å². The lowest BCUT2D eigenvalue weighted by molar-refractivity contribution is -0.385. The summed E-state index contributed by atoms with van der Waals surface area (Å²) in [6, 6.07) is 10.6. The highest BCUT2D eigenvalue weighted by molar-refractivity contribution is 6.00. The summed E-state index contributed by atoms with van der Waals surface area (Å²) in [5.74, 6) is 0.674. The number of carbonyl (C=O) groups is 1. The number of anilines is 1. The van der Waals surface area contributed by atoms with Crippen LogP contribution in [0.2, 0.25) is 0 Å². The van der Waals surface area contributed by atoms with Crippen LogP contribution in [-0.4, -0.2) is 33.8 Å². The first-order chi connectivity index (χ1) is 10.7. The summed E-state index contributed by atoms with van der Waals surface area (Å²) in [5, 5.41) is 10.7. The zero-order valence-electron chi connectivity index (χ0n) is 11.5. The molecule has 4 rings (SSSR count). The van der Waals surface area contributed by atoms with Crippen molar-refractivity contribution in [3.8, 4) is 0 Å². The molecule has 0 aliphatic carbocycles. The molecule has 0 bridgehead atoms. The van der Waals surface area contributed by atoms with Crippen LogP contribution in [0.1, 0.15) is 22.1 Å². The average molecular weight is 296 g/mol. The zero-order valence-corrected chi connectivity index (χ0v) is 11.5. The molecule has 0 radical (unpaired) electrons. The van der Waals surface area contributed by atoms with Gasteiger partial charge in [0, 0.05) is 30.3 Å². The van der Waals surface area contributed by atoms with Gasteiger partial charge in [-0.2, -0.15) is 0 Å². The Morgan fingerprint density at radius 2 is 1.91 bits per heavy atom. The monoisotopic (exact) mass is 296 g/mol. The minimum Gasteiger partial charge on any atom is -0.330 e. The van der Waals surface area contributed by atoms with Crippen LogP contribution < -0.4 is 4.90 Å². The Balaban J connectivity index is 1.73. The van der Waals surface area contributed by atoms with E-state index in [-0.39, 0.29) is 17.8 Å². The molecular weight excluding hydrogens is 284 g/mol. The third-order valence-electron chi connectivity index (χ3n) is 4.14. The molecule has 0 spiro atoms. The quantitative estimate of drug-likeness (QED) is 0.625. The molecule has 7 heteroatoms. The van der Waals surface area contributed by atoms with Crippen molar-refractivity contribution < 1.29 is 9.72 Å². The lowest BCUT2D eigenvalue weighted by Crippen LogP contribution is -2.28. The standard InChI is InChI=1S/C15H12N4O3/c20-15-12-4-2-1-3-11(12)14-17(7-8-18(14)15)13-6-5-10(9-16-13)19(21)22/h1-6,9,14H,7-8H2. The Morgan fingerprint density at radius 3 is 2.64 bits per heavy atom. The first-order valence-electron chi connectivity index (χ1n) is 6.94. The van der Waals surface area contributed by atoms with Crippen molar-refractivity contribution in [3.63, 3.8) is 0 Å². The van der Waals surface area contributed by atoms with Crippen LogP contribution in [0.3, 0.4) is 0 Å². The molecule has 1 amide bonds. The number of nitro groups is 1. The molecule has 0 saturated carbocycles. The van der Waals surface area contributed by atoms with Crippen molar-refractivity contribution in [1.82, 2.24) is 9.88 Å². The van der Waals surface area contributed by atoms with Crippen LogP contribution in [0.4, 0.5) is 11.5 Å². The Kier molecular flexibility index (Phi) is 2.62. The van der Waals surface area contributed by atoms with Crippen LogP contribution in [0.15, 0.2) is 42.6 Å². The highest BCUT2D eigenvalue weighted by Gasteiger charge is 2.44. The van der Waals surface area contributed by atoms with Gasteiger partial charge in [-0.1, -0.05) is 18.2 Å². The van der Waals surface area contributed by atoms with E-state index in [1.54, 1.807) is 6.07 Å². The Labute approximate surface area is 125 Å². The van der Waals surface area contributed by atoms with Gasteiger partial charge in [0.15, 0.2) is 0 Å². The van der Waals surface area contributed by atoms with E-state index in [0.29, 0.717) is 18.9 Å². The summed E-state index contributed by atoms with van der Waals surface area (Å²) >= 11 is 0. The fourth-order valence-corrected chi connectivity index (χ4v) is 3.14. The van der Waals surface area contributed by atoms with Gasteiger partial charge in [-0.15, -0.1) is 0 Å². The van der Waals surface area contributed by atoms with Crippen LogP contribution in [0.25, 0.3) is 0 Å². The summed E-state index contributed by atoms with van der Waals surface area (Å²) in [6.45, 7) is 1.28. The summed E-state index contributed by atoms with van der Waals surface area (Å²) < 4.78 is 0. The van der Waals surface area contributed by atoms with Gasteiger partial charge in [0.25, 0.3) is 11.6 Å². The van der Waals surface area contributed by atoms with Gasteiger partial charge >= 0.3 is 0 Å². The predicted molar refractivity (Wildman–Crippen MR) is 78.5 cm³/mol. The summed E-state index contributed by atoms with van der Waals surface area (Å²) in [4.78, 5) is 30.6. The average Bonchev–Trinajstić information content (AvgIpc) is 3.09. The van der Waals surface area contributed by atoms with E-state index in [2.05, 4.69) is 4.98 Å². The van der Waals surface area contributed by atoms with E-state index in [4.69, 9.17) is 0 Å². The predicted octanol–water partition coefficient (Wildman–Crippen LogP) is 1.96. The Morgan fingerprint density at radius 1 is 1.14 bits per heavy atom. The smallest absolute Gasteiger partial charge is 0.287 e. The van der Waals surface area contributed by atoms with Crippen molar-refractivity contribution in [2.45, 2.75) is 6.17 Å². The van der Waals surface area contributed by atoms with Crippen molar-refractivity contribution >= 4 is 17.4 Å². The molecule has 0 N–H and O–H groups in total. The number of carbonyl (C=O) groups excluding carboxylic acids is 1. The van der Waals surface area contributed by atoms with Crippen LogP contribution >= 0.6 is 0 Å². The highest BCUT2D eigenvalue weighted by Crippen LogP contribution is 2.41. The molecular formula is C15H12N4O3. The number of nitrogens with zero attached hydrogens (tertiary/aromatic N) is 4. The van der Waals surface area contributed by atoms with Crippen LogP contribution in [0, 0.1) is 10.1 Å². The van der Waals surface area contributed by atoms with E-state index in [1.807, 2.05) is 34.1 Å². The van der Waals surface area contributed by atoms with Gasteiger partial charge in [-0.3, -0.25) is 14.9 Å². The molecule has 2 aromatic rings. The molecule has 1 unspecified atom stereocenters. The number of hydrogen-bond acceptors (Lipinski definition) is 5. The molecule has 1 aromatic heterocycles. The van der Waals surface area contributed by atoms with Gasteiger partial charge in [0.2, 0.25) is 0 Å². The number of rotatable bonds is 2. The number of hydrogen-bond donors (Lipinski definition) is 0. The molecule has 110 valence electrons. The van der Waals surface area contributed by atoms with Gasteiger partial charge < -0.3 is 9.80 Å². The maximum Gasteiger partial charge on any atom is 0.287 e. The number of fused-ring (bicyclic) bond motifs is 3. The summed E-state index contributed by atoms with van der Waals surface area (Å²) in [7, 11) is 0. The maximum absolute atomic E-state index is 12.4. The molecule has 1 atom stereocenters. The van der Waals surface area contributed by atoms with E-state index in [0.717, 1.165) is 11.1 Å². The first kappa shape index (κ1) is 12.8. The number of benzene rings is 1. The third-order valence-corrected chi connectivity index (χ3v) is 4.14. The van der Waals surface area contributed by atoms with Gasteiger partial charge in [0.05, 0.1) is 4.92 Å². The summed E-state index contributed by atoms with van der Waals surface area (Å²) in [6.07, 6.45) is 1.08. The number of aromatic nitrogens is 1. The molecule has 2 aliphatic heterocycles. The van der Waals surface area contributed by atoms with E-state index >= 15 is 0 Å². The second-order valence-electron chi connectivity index (χ2n) is 5.28. The fraction of sp³-hybridized carbons (Fsp3) is 0.200. The zero-order chi connectivity index (χ0) is 15.3. The fourth-order valence-electron chi connectivity index (χ4n) is 3.14. The van der Waals surface area contributed by atoms with Gasteiger partial charge in [-0.05, 0) is 12.1 Å². The topological polar surface area (TPSA) is 79.6 Å². The second kappa shape index (κ2) is 4.52. The molecule has 22 heavy (non-hydrogen) atoms. The van der Waals surface area contributed by atoms with Crippen molar-refractivity contribution in [2.75, 3.05) is 18.0 Å². The molecule has 3 heterocycles. The minimum absolute atomic E-state index is 0.0324. The Bertz CT molecular complexity index is 775. The normalized spacial score (nSPS) is 19.3. The third kappa shape index (κ3) is 1.68. The molecule has 2 aliphatic rings. The van der Waals surface area contributed by atoms with Crippen molar-refractivity contribution in [3.05, 3.63) is 63.8 Å². The summed E-state index contributed by atoms with van der Waals surface area (Å²) in [5.41, 5.74) is 1.65. The molecule has 7 nitrogen and oxygen atoms in total. The first-order valence-corrected chi connectivity index (χ1v) is 6.94. The number of pyridine rings is 1. The maximum atomic E-state index is 12.4. The highest BCUT2D eigenvalue weighted by atomic mass is 16.6. The van der Waals surface area contributed by atoms with Gasteiger partial charge in [-0.25, -0.2) is 4.98 Å². The second-order valence-corrected chi connectivity index (χ2v) is 5.28. The Hall–Kier alpha value is -2.96. The van der Waals surface area contributed by atoms with E-state index in [9.17, 15) is 14.9 Å². The number of amides is 1. The van der Waals surface area contributed by atoms with Crippen molar-refractivity contribution in [2.24, 2.45) is 0 Å². The lowest BCUT2D eigenvalue weighted by atomic mass is 10.1. The van der Waals surface area contributed by atoms with Gasteiger partial charge in [0.1, 0.15) is 18.2 Å². The molecule has 1 saturated heterocycles. The SMILES string of the molecule is O=C1c2ccccc2C2N1CCN2c1ccc([N+](=O)[O-])cn1. The minimum atomic E-state index is -0.471. The van der Waals surface area contributed by atoms with Crippen LogP contribution in [-0.2, 0) is 0 Å². The van der Waals surface area contributed by atoms with Crippen LogP contribution in [0.5, 0.6) is 0 Å². The van der Waals surface area contributed by atoms with E-state index in [1.165, 1.54) is 12.3 Å². The molecule has 1 aromatic carbocycles. The van der Waals surface area contributed by atoms with E-state index < -0.39 is 4.92 Å². The largest absolute Gasteiger partial charge is 0.330 e.